The third-order valence-corrected chi connectivity index (χ3v) is 5.40. The van der Waals surface area contributed by atoms with Gasteiger partial charge >= 0.3 is 14.5 Å². The van der Waals surface area contributed by atoms with Crippen LogP contribution in [0.3, 0.4) is 0 Å². The van der Waals surface area contributed by atoms with Gasteiger partial charge in [-0.1, -0.05) is 57.5 Å². The fourth-order valence-corrected chi connectivity index (χ4v) is 3.36. The average Bonchev–Trinajstić information content (AvgIpc) is 2.33. The summed E-state index contributed by atoms with van der Waals surface area (Å²) in [6.45, 7) is 9.71. The largest absolute Gasteiger partial charge is 0.478 e. The minimum Gasteiger partial charge on any atom is -0.478 e. The molecule has 0 aromatic rings. The fourth-order valence-electron chi connectivity index (χ4n) is 1.69. The molecule has 0 aromatic carbocycles. The molecule has 0 fully saturated rings. The second-order valence-electron chi connectivity index (χ2n) is 4.34. The Balaban J connectivity index is 3.57. The molecule has 96 valence electrons. The van der Waals surface area contributed by atoms with E-state index in [1.165, 1.54) is 36.2 Å². The lowest BCUT2D eigenvalue weighted by Gasteiger charge is -2.21. The van der Waals surface area contributed by atoms with Gasteiger partial charge in [-0.2, -0.15) is 0 Å². The van der Waals surface area contributed by atoms with Gasteiger partial charge < -0.3 is 8.53 Å². The number of hydrogen-bond acceptors (Lipinski definition) is 2. The zero-order valence-corrected chi connectivity index (χ0v) is 12.8. The number of rotatable bonds is 11. The van der Waals surface area contributed by atoms with E-state index in [1.807, 2.05) is 0 Å². The van der Waals surface area contributed by atoms with E-state index >= 15 is 0 Å². The van der Waals surface area contributed by atoms with Crippen molar-refractivity contribution in [3.8, 4) is 0 Å². The molecule has 0 radical (unpaired) electrons. The Morgan fingerprint density at radius 1 is 0.938 bits per heavy atom. The van der Waals surface area contributed by atoms with Crippen molar-refractivity contribution in [2.45, 2.75) is 76.7 Å². The van der Waals surface area contributed by atoms with Crippen LogP contribution in [-0.2, 0) is 8.53 Å². The maximum Gasteiger partial charge on any atom is 0.462 e. The molecule has 0 spiro atoms. The highest BCUT2D eigenvalue weighted by molar-refractivity contribution is 6.51. The van der Waals surface area contributed by atoms with E-state index in [1.54, 1.807) is 0 Å². The van der Waals surface area contributed by atoms with Crippen LogP contribution in [0.5, 0.6) is 0 Å². The van der Waals surface area contributed by atoms with Crippen LogP contribution in [0, 0.1) is 0 Å². The lowest BCUT2D eigenvalue weighted by Crippen LogP contribution is -2.26. The summed E-state index contributed by atoms with van der Waals surface area (Å²) in [6, 6.07) is 0. The van der Waals surface area contributed by atoms with E-state index in [2.05, 4.69) is 27.7 Å². The molecular weight excluding hydrogens is 215 g/mol. The Morgan fingerprint density at radius 3 is 2.12 bits per heavy atom. The first-order valence-corrected chi connectivity index (χ1v) is 9.15. The number of ether oxygens (including phenoxy) is 1. The Labute approximate surface area is 106 Å². The first-order valence-electron chi connectivity index (χ1n) is 7.05. The number of unbranched alkanes of at least 4 members (excludes halogenated alkanes) is 3. The van der Waals surface area contributed by atoms with Crippen molar-refractivity contribution in [2.24, 2.45) is 0 Å². The molecule has 0 aliphatic carbocycles. The highest BCUT2D eigenvalue weighted by Gasteiger charge is 2.19. The summed E-state index contributed by atoms with van der Waals surface area (Å²) in [5.41, 5.74) is 0. The topological polar surface area (TPSA) is 18.5 Å². The van der Waals surface area contributed by atoms with Gasteiger partial charge in [0.15, 0.2) is 0 Å². The molecule has 0 amide bonds. The van der Waals surface area contributed by atoms with Gasteiger partial charge in [0.1, 0.15) is 6.29 Å². The van der Waals surface area contributed by atoms with Gasteiger partial charge in [0.25, 0.3) is 0 Å². The van der Waals surface area contributed by atoms with Gasteiger partial charge in [0.2, 0.25) is 0 Å². The van der Waals surface area contributed by atoms with E-state index in [-0.39, 0.29) is 6.29 Å². The third kappa shape index (κ3) is 8.59. The summed E-state index contributed by atoms with van der Waals surface area (Å²) in [7, 11) is 0. The van der Waals surface area contributed by atoms with Gasteiger partial charge in [-0.05, 0) is 12.8 Å². The van der Waals surface area contributed by atoms with Crippen molar-refractivity contribution in [1.29, 1.82) is 0 Å². The Kier molecular flexibility index (Phi) is 12.3. The molecule has 0 heterocycles. The molecule has 0 bridgehead atoms. The summed E-state index contributed by atoms with van der Waals surface area (Å²) in [5, 5.41) is 2.43. The quantitative estimate of drug-likeness (QED) is 0.305. The lowest BCUT2D eigenvalue weighted by atomic mass is 10.2. The third-order valence-electron chi connectivity index (χ3n) is 2.89. The molecule has 2 nitrogen and oxygen atoms in total. The molecule has 16 heavy (non-hydrogen) atoms. The highest BCUT2D eigenvalue weighted by Crippen LogP contribution is 2.09. The molecule has 3 heteroatoms. The van der Waals surface area contributed by atoms with E-state index < -0.39 is 14.5 Å². The highest BCUT2D eigenvalue weighted by atomic mass is 27.2. The summed E-state index contributed by atoms with van der Waals surface area (Å²) in [4.78, 5) is 0. The Morgan fingerprint density at radius 2 is 1.62 bits per heavy atom. The maximum absolute atomic E-state index is 6.02. The van der Waals surface area contributed by atoms with Crippen LogP contribution >= 0.6 is 0 Å². The van der Waals surface area contributed by atoms with E-state index in [4.69, 9.17) is 8.53 Å². The van der Waals surface area contributed by atoms with Crippen LogP contribution in [0.1, 0.15) is 59.8 Å². The minimum absolute atomic E-state index is 0.0678. The van der Waals surface area contributed by atoms with Crippen LogP contribution in [0.25, 0.3) is 0 Å². The molecule has 0 saturated heterocycles. The molecule has 0 N–H and O–H groups in total. The van der Waals surface area contributed by atoms with Gasteiger partial charge in [-0.25, -0.2) is 0 Å². The number of hydrogen-bond donors (Lipinski definition) is 0. The normalized spacial score (nSPS) is 12.8. The SMILES string of the molecule is CCCCCCOC(CC)[O][Al]([CH2]C)[CH2]C. The molecule has 0 aliphatic rings. The van der Waals surface area contributed by atoms with Crippen molar-refractivity contribution >= 4 is 14.5 Å². The lowest BCUT2D eigenvalue weighted by molar-refractivity contribution is -0.0855. The Hall–Kier alpha value is 0.452. The molecule has 0 aromatic heterocycles. The predicted molar refractivity (Wildman–Crippen MR) is 72.0 cm³/mol. The predicted octanol–water partition coefficient (Wildman–Crippen LogP) is 4.37. The van der Waals surface area contributed by atoms with Gasteiger partial charge in [-0.3, -0.25) is 0 Å². The first-order chi connectivity index (χ1) is 7.78. The van der Waals surface area contributed by atoms with Crippen LogP contribution in [0.4, 0.5) is 0 Å². The van der Waals surface area contributed by atoms with Crippen LogP contribution in [0.2, 0.25) is 10.6 Å². The van der Waals surface area contributed by atoms with E-state index in [0.717, 1.165) is 13.0 Å². The monoisotopic (exact) mass is 244 g/mol. The van der Waals surface area contributed by atoms with E-state index in [0.29, 0.717) is 0 Å². The maximum atomic E-state index is 6.02. The smallest absolute Gasteiger partial charge is 0.462 e. The van der Waals surface area contributed by atoms with Gasteiger partial charge in [-0.15, -0.1) is 0 Å². The Bertz CT molecular complexity index is 138. The second-order valence-corrected chi connectivity index (χ2v) is 7.49. The van der Waals surface area contributed by atoms with E-state index in [9.17, 15) is 0 Å². The van der Waals surface area contributed by atoms with Crippen LogP contribution in [0.15, 0.2) is 0 Å². The minimum atomic E-state index is -0.958. The molecule has 0 saturated carbocycles. The summed E-state index contributed by atoms with van der Waals surface area (Å²) in [5.74, 6) is 0. The van der Waals surface area contributed by atoms with Crippen LogP contribution < -0.4 is 0 Å². The molecule has 0 aliphatic heterocycles. The first kappa shape index (κ1) is 16.5. The molecular formula is C13H29AlO2. The summed E-state index contributed by atoms with van der Waals surface area (Å²) >= 11 is -0.958. The zero-order chi connectivity index (χ0) is 12.2. The van der Waals surface area contributed by atoms with Crippen molar-refractivity contribution in [1.82, 2.24) is 0 Å². The molecule has 0 rings (SSSR count). The van der Waals surface area contributed by atoms with Crippen molar-refractivity contribution in [3.05, 3.63) is 0 Å². The zero-order valence-electron chi connectivity index (χ0n) is 11.6. The average molecular weight is 244 g/mol. The van der Waals surface area contributed by atoms with Crippen molar-refractivity contribution < 1.29 is 8.53 Å². The molecule has 1 atom stereocenters. The summed E-state index contributed by atoms with van der Waals surface area (Å²) in [6.07, 6.45) is 6.12. The second kappa shape index (κ2) is 11.9. The van der Waals surface area contributed by atoms with Gasteiger partial charge in [0.05, 0.1) is 0 Å². The fraction of sp³-hybridized carbons (Fsp3) is 1.00. The summed E-state index contributed by atoms with van der Waals surface area (Å²) < 4.78 is 11.8. The van der Waals surface area contributed by atoms with Gasteiger partial charge in [0, 0.05) is 6.61 Å². The molecule has 1 unspecified atom stereocenters. The van der Waals surface area contributed by atoms with Crippen molar-refractivity contribution in [3.63, 3.8) is 0 Å². The van der Waals surface area contributed by atoms with Crippen molar-refractivity contribution in [2.75, 3.05) is 6.61 Å². The standard InChI is InChI=1S/C9H19O2.2C2H5.Al/c1-3-5-6-7-8-11-9(10)4-2;2*1-2;/h9H,3-8H2,1-2H3;2*1H2,2H3;/q-1;;;+1. The van der Waals surface area contributed by atoms with Crippen LogP contribution in [-0.4, -0.2) is 27.4 Å².